The smallest absolute Gasteiger partial charge is 0.339 e. The van der Waals surface area contributed by atoms with Gasteiger partial charge in [0.15, 0.2) is 0 Å². The van der Waals surface area contributed by atoms with Crippen molar-refractivity contribution in [2.45, 2.75) is 13.3 Å². The number of methoxy groups -OCH3 is 1. The van der Waals surface area contributed by atoms with Crippen molar-refractivity contribution in [3.05, 3.63) is 39.9 Å². The first-order chi connectivity index (χ1) is 10.1. The Morgan fingerprint density at radius 3 is 2.67 bits per heavy atom. The molecule has 5 heteroatoms. The molecule has 4 nitrogen and oxygen atoms in total. The number of hydrogen-bond donors (Lipinski definition) is 1. The van der Waals surface area contributed by atoms with Crippen molar-refractivity contribution in [3.8, 4) is 5.75 Å². The third-order valence-electron chi connectivity index (χ3n) is 3.29. The van der Waals surface area contributed by atoms with Crippen LogP contribution in [-0.4, -0.2) is 31.4 Å². The van der Waals surface area contributed by atoms with Crippen molar-refractivity contribution < 1.29 is 19.4 Å². The van der Waals surface area contributed by atoms with Gasteiger partial charge in [0.25, 0.3) is 0 Å². The molecule has 112 valence electrons. The molecule has 0 bridgehead atoms. The van der Waals surface area contributed by atoms with Crippen LogP contribution in [0.1, 0.15) is 22.8 Å². The minimum Gasteiger partial charge on any atom is -0.490 e. The van der Waals surface area contributed by atoms with Gasteiger partial charge >= 0.3 is 5.97 Å². The Labute approximate surface area is 131 Å². The van der Waals surface area contributed by atoms with Crippen LogP contribution < -0.4 is 4.74 Å². The van der Waals surface area contributed by atoms with E-state index in [-0.39, 0.29) is 5.56 Å². The maximum atomic E-state index is 11.6. The van der Waals surface area contributed by atoms with Gasteiger partial charge in [-0.25, -0.2) is 4.79 Å². The Morgan fingerprint density at radius 2 is 2.05 bits per heavy atom. The number of carbonyl (C=O) groups is 1. The zero-order valence-electron chi connectivity index (χ0n) is 12.0. The molecule has 0 radical (unpaired) electrons. The molecule has 0 saturated carbocycles. The number of hydrogen-bond acceptors (Lipinski definition) is 3. The lowest BCUT2D eigenvalue weighted by Crippen LogP contribution is -2.11. The van der Waals surface area contributed by atoms with Gasteiger partial charge in [-0.05, 0) is 41.0 Å². The molecule has 0 aliphatic rings. The Morgan fingerprint density at radius 1 is 1.29 bits per heavy atom. The van der Waals surface area contributed by atoms with Gasteiger partial charge in [0.2, 0.25) is 0 Å². The number of benzene rings is 2. The van der Waals surface area contributed by atoms with Crippen LogP contribution >= 0.6 is 15.9 Å². The molecule has 2 aromatic carbocycles. The number of rotatable bonds is 6. The predicted molar refractivity (Wildman–Crippen MR) is 85.4 cm³/mol. The normalized spacial score (nSPS) is 10.8. The van der Waals surface area contributed by atoms with Gasteiger partial charge in [0.05, 0.1) is 6.61 Å². The van der Waals surface area contributed by atoms with Crippen molar-refractivity contribution in [3.63, 3.8) is 0 Å². The van der Waals surface area contributed by atoms with Gasteiger partial charge in [0, 0.05) is 11.6 Å². The monoisotopic (exact) mass is 352 g/mol. The fourth-order valence-electron chi connectivity index (χ4n) is 2.36. The zero-order chi connectivity index (χ0) is 15.4. The maximum absolute atomic E-state index is 11.6. The van der Waals surface area contributed by atoms with Crippen LogP contribution in [-0.2, 0) is 11.2 Å². The third kappa shape index (κ3) is 3.36. The van der Waals surface area contributed by atoms with Crippen molar-refractivity contribution in [2.75, 3.05) is 20.3 Å². The highest BCUT2D eigenvalue weighted by molar-refractivity contribution is 9.10. The largest absolute Gasteiger partial charge is 0.490 e. The Balaban J connectivity index is 2.63. The van der Waals surface area contributed by atoms with Crippen LogP contribution in [0.2, 0.25) is 0 Å². The highest BCUT2D eigenvalue weighted by atomic mass is 79.9. The minimum atomic E-state index is -0.971. The molecule has 2 rings (SSSR count). The standard InChI is InChI=1S/C16H17BrO4/c1-3-12-13-9-11(17)5-4-10(13)8-14(15(12)16(18)19)21-7-6-20-2/h4-5,8-9H,3,6-7H2,1-2H3,(H,18,19). The SMILES string of the molecule is CCc1c(C(=O)O)c(OCCOC)cc2ccc(Br)cc12. The van der Waals surface area contributed by atoms with E-state index >= 15 is 0 Å². The molecular weight excluding hydrogens is 336 g/mol. The quantitative estimate of drug-likeness (QED) is 0.801. The summed E-state index contributed by atoms with van der Waals surface area (Å²) in [6.45, 7) is 2.68. The van der Waals surface area contributed by atoms with E-state index < -0.39 is 5.97 Å². The molecule has 2 aromatic rings. The van der Waals surface area contributed by atoms with E-state index in [1.54, 1.807) is 13.2 Å². The van der Waals surface area contributed by atoms with E-state index in [4.69, 9.17) is 9.47 Å². The molecule has 1 N–H and O–H groups in total. The van der Waals surface area contributed by atoms with E-state index in [0.717, 1.165) is 20.8 Å². The zero-order valence-corrected chi connectivity index (χ0v) is 13.6. The highest BCUT2D eigenvalue weighted by Gasteiger charge is 2.19. The van der Waals surface area contributed by atoms with Crippen LogP contribution in [0.4, 0.5) is 0 Å². The van der Waals surface area contributed by atoms with Crippen LogP contribution in [0.15, 0.2) is 28.7 Å². The minimum absolute atomic E-state index is 0.235. The lowest BCUT2D eigenvalue weighted by Gasteiger charge is -2.15. The van der Waals surface area contributed by atoms with Gasteiger partial charge < -0.3 is 14.6 Å². The van der Waals surface area contributed by atoms with Crippen LogP contribution in [0.25, 0.3) is 10.8 Å². The molecule has 0 fully saturated rings. The summed E-state index contributed by atoms with van der Waals surface area (Å²) in [5.41, 5.74) is 1.02. The summed E-state index contributed by atoms with van der Waals surface area (Å²) < 4.78 is 11.5. The molecular formula is C16H17BrO4. The molecule has 0 unspecified atom stereocenters. The average molecular weight is 353 g/mol. The summed E-state index contributed by atoms with van der Waals surface area (Å²) >= 11 is 3.43. The number of halogens is 1. The summed E-state index contributed by atoms with van der Waals surface area (Å²) in [7, 11) is 1.58. The first kappa shape index (κ1) is 15.8. The molecule has 0 aliphatic carbocycles. The lowest BCUT2D eigenvalue weighted by molar-refractivity contribution is 0.0688. The third-order valence-corrected chi connectivity index (χ3v) is 3.78. The first-order valence-corrected chi connectivity index (χ1v) is 7.48. The topological polar surface area (TPSA) is 55.8 Å². The lowest BCUT2D eigenvalue weighted by atomic mass is 9.96. The van der Waals surface area contributed by atoms with Gasteiger partial charge in [-0.15, -0.1) is 0 Å². The number of ether oxygens (including phenoxy) is 2. The van der Waals surface area contributed by atoms with Gasteiger partial charge in [-0.2, -0.15) is 0 Å². The summed E-state index contributed by atoms with van der Waals surface area (Å²) in [6, 6.07) is 7.61. The molecule has 0 saturated heterocycles. The fourth-order valence-corrected chi connectivity index (χ4v) is 2.72. The first-order valence-electron chi connectivity index (χ1n) is 6.68. The second-order valence-corrected chi connectivity index (χ2v) is 5.51. The average Bonchev–Trinajstić information content (AvgIpc) is 2.46. The molecule has 0 spiro atoms. The molecule has 0 heterocycles. The molecule has 0 aliphatic heterocycles. The second kappa shape index (κ2) is 6.91. The summed E-state index contributed by atoms with van der Waals surface area (Å²) in [5, 5.41) is 11.4. The number of carboxylic acids is 1. The summed E-state index contributed by atoms with van der Waals surface area (Å²) in [6.07, 6.45) is 0.621. The Bertz CT molecular complexity index is 667. The second-order valence-electron chi connectivity index (χ2n) is 4.59. The van der Waals surface area contributed by atoms with Crippen LogP contribution in [0.3, 0.4) is 0 Å². The van der Waals surface area contributed by atoms with E-state index in [1.165, 1.54) is 0 Å². The van der Waals surface area contributed by atoms with E-state index in [0.29, 0.717) is 25.4 Å². The Kier molecular flexibility index (Phi) is 5.20. The number of aromatic carboxylic acids is 1. The van der Waals surface area contributed by atoms with E-state index in [9.17, 15) is 9.90 Å². The number of carboxylic acid groups (broad SMARTS) is 1. The van der Waals surface area contributed by atoms with Gasteiger partial charge in [0.1, 0.15) is 17.9 Å². The summed E-state index contributed by atoms with van der Waals surface area (Å²) in [5.74, 6) is -0.577. The van der Waals surface area contributed by atoms with Gasteiger partial charge in [-0.1, -0.05) is 28.9 Å². The maximum Gasteiger partial charge on any atom is 0.339 e. The highest BCUT2D eigenvalue weighted by Crippen LogP contribution is 2.33. The van der Waals surface area contributed by atoms with Crippen molar-refractivity contribution in [1.29, 1.82) is 0 Å². The fraction of sp³-hybridized carbons (Fsp3) is 0.312. The van der Waals surface area contributed by atoms with Crippen LogP contribution in [0, 0.1) is 0 Å². The van der Waals surface area contributed by atoms with E-state index in [2.05, 4.69) is 15.9 Å². The van der Waals surface area contributed by atoms with Crippen molar-refractivity contribution in [1.82, 2.24) is 0 Å². The van der Waals surface area contributed by atoms with Crippen molar-refractivity contribution >= 4 is 32.7 Å². The summed E-state index contributed by atoms with van der Waals surface area (Å²) in [4.78, 5) is 11.6. The van der Waals surface area contributed by atoms with Crippen molar-refractivity contribution in [2.24, 2.45) is 0 Å². The predicted octanol–water partition coefficient (Wildman–Crippen LogP) is 3.89. The Hall–Kier alpha value is -1.59. The number of fused-ring (bicyclic) bond motifs is 1. The molecule has 0 amide bonds. The van der Waals surface area contributed by atoms with Gasteiger partial charge in [-0.3, -0.25) is 0 Å². The van der Waals surface area contributed by atoms with Crippen LogP contribution in [0.5, 0.6) is 5.75 Å². The number of aryl methyl sites for hydroxylation is 1. The van der Waals surface area contributed by atoms with E-state index in [1.807, 2.05) is 25.1 Å². The molecule has 0 atom stereocenters. The molecule has 0 aromatic heterocycles. The molecule has 21 heavy (non-hydrogen) atoms.